The SMILES string of the molecule is Cc1[nH]nc2nccc(N3CCn4c(nn(CC(=O)N(C)C)c4=O)C3)c12. The smallest absolute Gasteiger partial charge is 0.346 e. The van der Waals surface area contributed by atoms with Gasteiger partial charge in [0.2, 0.25) is 5.91 Å². The average Bonchev–Trinajstić information content (AvgIpc) is 3.15. The number of aromatic amines is 1. The normalized spacial score (nSPS) is 13.9. The molecule has 0 aromatic carbocycles. The van der Waals surface area contributed by atoms with Crippen molar-refractivity contribution in [3.63, 3.8) is 0 Å². The summed E-state index contributed by atoms with van der Waals surface area (Å²) in [6.07, 6.45) is 1.73. The summed E-state index contributed by atoms with van der Waals surface area (Å²) in [6, 6.07) is 1.95. The number of likely N-dealkylation sites (N-methyl/N-ethyl adjacent to an activating group) is 1. The number of fused-ring (bicyclic) bond motifs is 2. The number of carbonyl (C=O) groups excluding carboxylic acids is 1. The zero-order valence-electron chi connectivity index (χ0n) is 14.9. The molecule has 10 nitrogen and oxygen atoms in total. The minimum absolute atomic E-state index is 0.0494. The number of aromatic nitrogens is 6. The lowest BCUT2D eigenvalue weighted by Crippen LogP contribution is -2.38. The number of hydrogen-bond acceptors (Lipinski definition) is 6. The second-order valence-electron chi connectivity index (χ2n) is 6.60. The summed E-state index contributed by atoms with van der Waals surface area (Å²) in [5, 5.41) is 12.5. The second kappa shape index (κ2) is 5.97. The predicted octanol–water partition coefficient (Wildman–Crippen LogP) is -0.267. The van der Waals surface area contributed by atoms with Crippen LogP contribution in [0.25, 0.3) is 11.0 Å². The molecular formula is C16H20N8O2. The summed E-state index contributed by atoms with van der Waals surface area (Å²) in [5.74, 6) is 0.489. The first-order valence-electron chi connectivity index (χ1n) is 8.37. The average molecular weight is 356 g/mol. The summed E-state index contributed by atoms with van der Waals surface area (Å²) in [7, 11) is 3.32. The molecule has 4 rings (SSSR count). The molecule has 136 valence electrons. The zero-order valence-corrected chi connectivity index (χ0v) is 14.9. The highest BCUT2D eigenvalue weighted by Gasteiger charge is 2.25. The van der Waals surface area contributed by atoms with Crippen LogP contribution in [0.2, 0.25) is 0 Å². The van der Waals surface area contributed by atoms with Gasteiger partial charge in [-0.2, -0.15) is 10.2 Å². The highest BCUT2D eigenvalue weighted by Crippen LogP contribution is 2.28. The Hall–Kier alpha value is -3.17. The van der Waals surface area contributed by atoms with Crippen LogP contribution >= 0.6 is 0 Å². The van der Waals surface area contributed by atoms with Gasteiger partial charge in [0, 0.05) is 39.1 Å². The van der Waals surface area contributed by atoms with Crippen molar-refractivity contribution in [2.24, 2.45) is 0 Å². The number of hydrogen-bond donors (Lipinski definition) is 1. The predicted molar refractivity (Wildman–Crippen MR) is 94.9 cm³/mol. The maximum Gasteiger partial charge on any atom is 0.346 e. The first-order chi connectivity index (χ1) is 12.5. The van der Waals surface area contributed by atoms with Gasteiger partial charge in [0.05, 0.1) is 17.6 Å². The van der Waals surface area contributed by atoms with Gasteiger partial charge in [0.15, 0.2) is 11.5 Å². The molecule has 0 saturated heterocycles. The van der Waals surface area contributed by atoms with Gasteiger partial charge in [0.25, 0.3) is 0 Å². The number of amides is 1. The molecule has 0 spiro atoms. The van der Waals surface area contributed by atoms with Crippen LogP contribution < -0.4 is 10.6 Å². The molecule has 0 bridgehead atoms. The van der Waals surface area contributed by atoms with Gasteiger partial charge >= 0.3 is 5.69 Å². The van der Waals surface area contributed by atoms with Gasteiger partial charge in [-0.1, -0.05) is 0 Å². The molecule has 1 N–H and O–H groups in total. The van der Waals surface area contributed by atoms with Gasteiger partial charge < -0.3 is 9.80 Å². The lowest BCUT2D eigenvalue weighted by molar-refractivity contribution is -0.129. The Kier molecular flexibility index (Phi) is 3.74. The first kappa shape index (κ1) is 16.3. The molecule has 3 aromatic rings. The van der Waals surface area contributed by atoms with Crippen LogP contribution in [0.4, 0.5) is 5.69 Å². The number of nitrogens with one attached hydrogen (secondary N) is 1. The van der Waals surface area contributed by atoms with Gasteiger partial charge in [-0.15, -0.1) is 0 Å². The molecule has 0 radical (unpaired) electrons. The molecule has 1 aliphatic rings. The van der Waals surface area contributed by atoms with E-state index in [4.69, 9.17) is 0 Å². The van der Waals surface area contributed by atoms with Crippen molar-refractivity contribution in [2.75, 3.05) is 25.5 Å². The van der Waals surface area contributed by atoms with E-state index in [0.29, 0.717) is 31.1 Å². The number of nitrogens with zero attached hydrogens (tertiary/aromatic N) is 7. The Bertz CT molecular complexity index is 1040. The van der Waals surface area contributed by atoms with E-state index in [0.717, 1.165) is 16.8 Å². The lowest BCUT2D eigenvalue weighted by Gasteiger charge is -2.29. The van der Waals surface area contributed by atoms with E-state index in [1.807, 2.05) is 13.0 Å². The number of anilines is 1. The maximum absolute atomic E-state index is 12.5. The van der Waals surface area contributed by atoms with E-state index in [1.54, 1.807) is 24.9 Å². The largest absolute Gasteiger partial charge is 0.361 e. The highest BCUT2D eigenvalue weighted by molar-refractivity contribution is 5.91. The fourth-order valence-corrected chi connectivity index (χ4v) is 3.22. The first-order valence-corrected chi connectivity index (χ1v) is 8.37. The van der Waals surface area contributed by atoms with Crippen LogP contribution in [0, 0.1) is 6.92 Å². The molecule has 0 fully saturated rings. The van der Waals surface area contributed by atoms with Crippen LogP contribution in [-0.4, -0.2) is 61.0 Å². The van der Waals surface area contributed by atoms with E-state index < -0.39 is 0 Å². The third kappa shape index (κ3) is 2.54. The molecule has 0 atom stereocenters. The molecule has 1 aliphatic heterocycles. The second-order valence-corrected chi connectivity index (χ2v) is 6.60. The zero-order chi connectivity index (χ0) is 18.4. The van der Waals surface area contributed by atoms with Crippen LogP contribution in [-0.2, 0) is 24.4 Å². The number of H-pyrrole nitrogens is 1. The fraction of sp³-hybridized carbons (Fsp3) is 0.438. The summed E-state index contributed by atoms with van der Waals surface area (Å²) in [6.45, 7) is 3.59. The molecule has 0 saturated carbocycles. The monoisotopic (exact) mass is 356 g/mol. The molecule has 4 heterocycles. The Balaban J connectivity index is 1.67. The molecule has 0 unspecified atom stereocenters. The van der Waals surface area contributed by atoms with Crippen LogP contribution in [0.5, 0.6) is 0 Å². The van der Waals surface area contributed by atoms with Crippen molar-refractivity contribution >= 4 is 22.6 Å². The quantitative estimate of drug-likeness (QED) is 0.693. The lowest BCUT2D eigenvalue weighted by atomic mass is 10.2. The van der Waals surface area contributed by atoms with E-state index in [-0.39, 0.29) is 18.1 Å². The van der Waals surface area contributed by atoms with E-state index in [1.165, 1.54) is 9.58 Å². The van der Waals surface area contributed by atoms with Crippen LogP contribution in [0.3, 0.4) is 0 Å². The Labute approximate surface area is 149 Å². The maximum atomic E-state index is 12.5. The summed E-state index contributed by atoms with van der Waals surface area (Å²) in [4.78, 5) is 32.3. The number of pyridine rings is 1. The Morgan fingerprint density at radius 2 is 2.15 bits per heavy atom. The van der Waals surface area contributed by atoms with Crippen molar-refractivity contribution in [3.05, 3.63) is 34.3 Å². The number of carbonyl (C=O) groups is 1. The summed E-state index contributed by atoms with van der Waals surface area (Å²) < 4.78 is 2.88. The van der Waals surface area contributed by atoms with Gasteiger partial charge in [-0.25, -0.2) is 14.5 Å². The van der Waals surface area contributed by atoms with Gasteiger partial charge in [-0.3, -0.25) is 14.5 Å². The van der Waals surface area contributed by atoms with Crippen LogP contribution in [0.1, 0.15) is 11.5 Å². The van der Waals surface area contributed by atoms with E-state index >= 15 is 0 Å². The van der Waals surface area contributed by atoms with Crippen molar-refractivity contribution < 1.29 is 4.79 Å². The molecule has 1 amide bonds. The van der Waals surface area contributed by atoms with Crippen LogP contribution in [0.15, 0.2) is 17.1 Å². The number of aryl methyl sites for hydroxylation is 1. The molecule has 10 heteroatoms. The fourth-order valence-electron chi connectivity index (χ4n) is 3.22. The third-order valence-electron chi connectivity index (χ3n) is 4.66. The van der Waals surface area contributed by atoms with Gasteiger partial charge in [0.1, 0.15) is 6.54 Å². The molecule has 3 aromatic heterocycles. The Morgan fingerprint density at radius 3 is 2.92 bits per heavy atom. The van der Waals surface area contributed by atoms with Gasteiger partial charge in [-0.05, 0) is 13.0 Å². The number of rotatable bonds is 3. The highest BCUT2D eigenvalue weighted by atomic mass is 16.2. The minimum atomic E-state index is -0.241. The molecule has 0 aliphatic carbocycles. The van der Waals surface area contributed by atoms with E-state index in [2.05, 4.69) is 25.2 Å². The standard InChI is InChI=1S/C16H20N8O2/c1-10-14-11(4-5-17-15(14)19-18-10)22-6-7-23-12(8-22)20-24(16(23)26)9-13(25)21(2)3/h4-5H,6-9H2,1-3H3,(H,17,18,19). The van der Waals surface area contributed by atoms with E-state index in [9.17, 15) is 9.59 Å². The summed E-state index contributed by atoms with van der Waals surface area (Å²) in [5.41, 5.74) is 2.39. The van der Waals surface area contributed by atoms with Crippen molar-refractivity contribution in [1.29, 1.82) is 0 Å². The minimum Gasteiger partial charge on any atom is -0.361 e. The molecular weight excluding hydrogens is 336 g/mol. The van der Waals surface area contributed by atoms with Crippen molar-refractivity contribution in [2.45, 2.75) is 26.6 Å². The third-order valence-corrected chi connectivity index (χ3v) is 4.66. The van der Waals surface area contributed by atoms with Crippen molar-refractivity contribution in [3.8, 4) is 0 Å². The topological polar surface area (TPSA) is 105 Å². The summed E-state index contributed by atoms with van der Waals surface area (Å²) >= 11 is 0. The molecule has 26 heavy (non-hydrogen) atoms. The van der Waals surface area contributed by atoms with Crippen molar-refractivity contribution in [1.82, 2.24) is 34.4 Å². The Morgan fingerprint density at radius 1 is 1.35 bits per heavy atom.